The molecule has 2 rings (SSSR count). The highest BCUT2D eigenvalue weighted by molar-refractivity contribution is 5.25. The summed E-state index contributed by atoms with van der Waals surface area (Å²) in [5.41, 5.74) is 2.80. The Morgan fingerprint density at radius 2 is 2.00 bits per heavy atom. The van der Waals surface area contributed by atoms with Crippen LogP contribution in [0.25, 0.3) is 0 Å². The average molecular weight is 275 g/mol. The van der Waals surface area contributed by atoms with Crippen LogP contribution in [0.1, 0.15) is 36.9 Å². The third-order valence-electron chi connectivity index (χ3n) is 4.15. The van der Waals surface area contributed by atoms with Crippen molar-refractivity contribution in [3.8, 4) is 0 Å². The van der Waals surface area contributed by atoms with Gasteiger partial charge < -0.3 is 15.1 Å². The molecule has 3 nitrogen and oxygen atoms in total. The number of piperidine rings is 1. The largest absolute Gasteiger partial charge is 0.307 e. The number of likely N-dealkylation sites (tertiary alicyclic amines) is 1. The Kier molecular flexibility index (Phi) is 5.58. The summed E-state index contributed by atoms with van der Waals surface area (Å²) < 4.78 is 0. The lowest BCUT2D eigenvalue weighted by atomic mass is 10.0. The van der Waals surface area contributed by atoms with Gasteiger partial charge in [0.05, 0.1) is 0 Å². The van der Waals surface area contributed by atoms with Crippen LogP contribution in [-0.4, -0.2) is 50.1 Å². The van der Waals surface area contributed by atoms with Crippen LogP contribution in [-0.2, 0) is 6.54 Å². The van der Waals surface area contributed by atoms with Crippen LogP contribution >= 0.6 is 0 Å². The highest BCUT2D eigenvalue weighted by Crippen LogP contribution is 2.18. The molecular weight excluding hydrogens is 246 g/mol. The molecule has 0 aromatic heterocycles. The van der Waals surface area contributed by atoms with Crippen molar-refractivity contribution in [3.05, 3.63) is 35.4 Å². The van der Waals surface area contributed by atoms with Crippen molar-refractivity contribution in [2.75, 3.05) is 34.2 Å². The molecule has 1 fully saturated rings. The molecule has 112 valence electrons. The van der Waals surface area contributed by atoms with E-state index in [1.165, 1.54) is 37.1 Å². The summed E-state index contributed by atoms with van der Waals surface area (Å²) in [6.07, 6.45) is 2.52. The maximum absolute atomic E-state index is 3.80. The zero-order chi connectivity index (χ0) is 14.5. The maximum Gasteiger partial charge on any atom is 0.0294 e. The molecule has 1 N–H and O–H groups in total. The van der Waals surface area contributed by atoms with Gasteiger partial charge in [-0.25, -0.2) is 0 Å². The molecule has 1 atom stereocenters. The molecule has 0 saturated carbocycles. The molecule has 1 heterocycles. The number of nitrogens with zero attached hydrogens (tertiary/aromatic N) is 2. The monoisotopic (exact) mass is 275 g/mol. The van der Waals surface area contributed by atoms with E-state index in [4.69, 9.17) is 0 Å². The van der Waals surface area contributed by atoms with E-state index in [1.54, 1.807) is 0 Å². The number of hydrogen-bond acceptors (Lipinski definition) is 3. The van der Waals surface area contributed by atoms with Gasteiger partial charge in [-0.15, -0.1) is 0 Å². The summed E-state index contributed by atoms with van der Waals surface area (Å²) in [7, 11) is 6.45. The third kappa shape index (κ3) is 4.58. The summed E-state index contributed by atoms with van der Waals surface area (Å²) in [5.74, 6) is 0. The third-order valence-corrected chi connectivity index (χ3v) is 4.15. The Balaban J connectivity index is 1.93. The molecule has 1 unspecified atom stereocenters. The van der Waals surface area contributed by atoms with E-state index in [2.05, 4.69) is 67.4 Å². The fraction of sp³-hybridized carbons (Fsp3) is 0.647. The Bertz CT molecular complexity index is 408. The highest BCUT2D eigenvalue weighted by atomic mass is 15.1. The molecule has 20 heavy (non-hydrogen) atoms. The first kappa shape index (κ1) is 15.5. The smallest absolute Gasteiger partial charge is 0.0294 e. The zero-order valence-corrected chi connectivity index (χ0v) is 13.4. The molecule has 1 saturated heterocycles. The fourth-order valence-corrected chi connectivity index (χ4v) is 2.95. The minimum atomic E-state index is 0.436. The quantitative estimate of drug-likeness (QED) is 0.891. The standard InChI is InChI=1S/C17H29N3/c1-14(18-17-8-10-20(4)11-9-17)16-7-5-6-15(12-16)13-19(2)3/h5-7,12,14,17-18H,8-11,13H2,1-4H3. The van der Waals surface area contributed by atoms with Crippen molar-refractivity contribution < 1.29 is 0 Å². The van der Waals surface area contributed by atoms with Gasteiger partial charge in [-0.1, -0.05) is 24.3 Å². The van der Waals surface area contributed by atoms with Crippen LogP contribution < -0.4 is 5.32 Å². The van der Waals surface area contributed by atoms with E-state index >= 15 is 0 Å². The normalized spacial score (nSPS) is 19.4. The van der Waals surface area contributed by atoms with Gasteiger partial charge in [0.1, 0.15) is 0 Å². The first-order chi connectivity index (χ1) is 9.54. The molecule has 1 aliphatic rings. The lowest BCUT2D eigenvalue weighted by molar-refractivity contribution is 0.226. The molecule has 1 aromatic carbocycles. The second kappa shape index (κ2) is 7.21. The Morgan fingerprint density at radius 1 is 1.30 bits per heavy atom. The van der Waals surface area contributed by atoms with Crippen molar-refractivity contribution >= 4 is 0 Å². The van der Waals surface area contributed by atoms with Gasteiger partial charge in [0, 0.05) is 18.6 Å². The SMILES string of the molecule is CC(NC1CCN(C)CC1)c1cccc(CN(C)C)c1. The Hall–Kier alpha value is -0.900. The van der Waals surface area contributed by atoms with E-state index in [0.717, 1.165) is 6.54 Å². The molecule has 0 spiro atoms. The van der Waals surface area contributed by atoms with Gasteiger partial charge in [0.2, 0.25) is 0 Å². The summed E-state index contributed by atoms with van der Waals surface area (Å²) in [4.78, 5) is 4.63. The minimum absolute atomic E-state index is 0.436. The van der Waals surface area contributed by atoms with E-state index in [9.17, 15) is 0 Å². The summed E-state index contributed by atoms with van der Waals surface area (Å²) >= 11 is 0. The van der Waals surface area contributed by atoms with Crippen LogP contribution in [0.3, 0.4) is 0 Å². The molecule has 0 bridgehead atoms. The van der Waals surface area contributed by atoms with Crippen molar-refractivity contribution in [1.29, 1.82) is 0 Å². The summed E-state index contributed by atoms with van der Waals surface area (Å²) in [6, 6.07) is 10.1. The maximum atomic E-state index is 3.80. The van der Waals surface area contributed by atoms with Gasteiger partial charge >= 0.3 is 0 Å². The zero-order valence-electron chi connectivity index (χ0n) is 13.4. The predicted molar refractivity (Wildman–Crippen MR) is 85.9 cm³/mol. The van der Waals surface area contributed by atoms with Crippen molar-refractivity contribution in [2.24, 2.45) is 0 Å². The number of hydrogen-bond donors (Lipinski definition) is 1. The van der Waals surface area contributed by atoms with E-state index in [-0.39, 0.29) is 0 Å². The first-order valence-corrected chi connectivity index (χ1v) is 7.73. The van der Waals surface area contributed by atoms with Crippen molar-refractivity contribution in [2.45, 2.75) is 38.4 Å². The van der Waals surface area contributed by atoms with E-state index in [1.807, 2.05) is 0 Å². The topological polar surface area (TPSA) is 18.5 Å². The van der Waals surface area contributed by atoms with E-state index < -0.39 is 0 Å². The first-order valence-electron chi connectivity index (χ1n) is 7.73. The molecule has 0 radical (unpaired) electrons. The predicted octanol–water partition coefficient (Wildman–Crippen LogP) is 2.49. The lowest BCUT2D eigenvalue weighted by Gasteiger charge is -2.32. The second-order valence-electron chi connectivity index (χ2n) is 6.45. The van der Waals surface area contributed by atoms with Gasteiger partial charge in [0.25, 0.3) is 0 Å². The molecule has 0 aliphatic carbocycles. The number of benzene rings is 1. The average Bonchev–Trinajstić information content (AvgIpc) is 2.41. The minimum Gasteiger partial charge on any atom is -0.307 e. The summed E-state index contributed by atoms with van der Waals surface area (Å²) in [6.45, 7) is 5.72. The van der Waals surface area contributed by atoms with Crippen LogP contribution in [0.4, 0.5) is 0 Å². The van der Waals surface area contributed by atoms with Crippen LogP contribution in [0, 0.1) is 0 Å². The van der Waals surface area contributed by atoms with Gasteiger partial charge in [0.15, 0.2) is 0 Å². The van der Waals surface area contributed by atoms with Gasteiger partial charge in [-0.2, -0.15) is 0 Å². The Morgan fingerprint density at radius 3 is 2.65 bits per heavy atom. The second-order valence-corrected chi connectivity index (χ2v) is 6.45. The molecule has 1 aromatic rings. The lowest BCUT2D eigenvalue weighted by Crippen LogP contribution is -2.41. The van der Waals surface area contributed by atoms with Gasteiger partial charge in [-0.3, -0.25) is 0 Å². The van der Waals surface area contributed by atoms with Crippen molar-refractivity contribution in [3.63, 3.8) is 0 Å². The van der Waals surface area contributed by atoms with Crippen molar-refractivity contribution in [1.82, 2.24) is 15.1 Å². The van der Waals surface area contributed by atoms with Crippen LogP contribution in [0.5, 0.6) is 0 Å². The van der Waals surface area contributed by atoms with Crippen LogP contribution in [0.2, 0.25) is 0 Å². The fourth-order valence-electron chi connectivity index (χ4n) is 2.95. The highest BCUT2D eigenvalue weighted by Gasteiger charge is 2.18. The molecule has 0 amide bonds. The van der Waals surface area contributed by atoms with Gasteiger partial charge in [-0.05, 0) is 65.1 Å². The molecular formula is C17H29N3. The number of rotatable bonds is 5. The molecule has 3 heteroatoms. The van der Waals surface area contributed by atoms with Crippen LogP contribution in [0.15, 0.2) is 24.3 Å². The number of nitrogens with one attached hydrogen (secondary N) is 1. The Labute approximate surface area is 124 Å². The molecule has 1 aliphatic heterocycles. The van der Waals surface area contributed by atoms with E-state index in [0.29, 0.717) is 12.1 Å². The summed E-state index contributed by atoms with van der Waals surface area (Å²) in [5, 5.41) is 3.80.